The van der Waals surface area contributed by atoms with Gasteiger partial charge in [0.2, 0.25) is 5.91 Å². The van der Waals surface area contributed by atoms with Crippen molar-refractivity contribution in [2.24, 2.45) is 11.8 Å². The zero-order valence-corrected chi connectivity index (χ0v) is 13.3. The van der Waals surface area contributed by atoms with E-state index in [4.69, 9.17) is 23.2 Å². The van der Waals surface area contributed by atoms with Crippen LogP contribution >= 0.6 is 35.6 Å². The number of carbonyl (C=O) groups is 1. The molecule has 1 amide bonds. The van der Waals surface area contributed by atoms with Gasteiger partial charge in [0.15, 0.2) is 0 Å². The number of fused-ring (bicyclic) bond motifs is 1. The molecule has 20 heavy (non-hydrogen) atoms. The van der Waals surface area contributed by atoms with Gasteiger partial charge < -0.3 is 10.2 Å². The number of amides is 1. The Morgan fingerprint density at radius 1 is 1.25 bits per heavy atom. The van der Waals surface area contributed by atoms with E-state index in [9.17, 15) is 4.79 Å². The number of benzene rings is 1. The molecule has 1 aromatic carbocycles. The molecule has 2 aliphatic heterocycles. The Bertz CT molecular complexity index is 497. The quantitative estimate of drug-likeness (QED) is 0.901. The smallest absolute Gasteiger partial charge is 0.227 e. The number of carbonyl (C=O) groups excluding carboxylic acids is 1. The second-order valence-electron chi connectivity index (χ2n) is 5.39. The third kappa shape index (κ3) is 3.22. The molecule has 2 fully saturated rings. The first-order valence-corrected chi connectivity index (χ1v) is 7.31. The Morgan fingerprint density at radius 3 is 2.50 bits per heavy atom. The molecule has 1 N–H and O–H groups in total. The summed E-state index contributed by atoms with van der Waals surface area (Å²) in [5, 5.41) is 4.55. The van der Waals surface area contributed by atoms with Gasteiger partial charge in [-0.05, 0) is 29.5 Å². The van der Waals surface area contributed by atoms with Crippen molar-refractivity contribution in [3.63, 3.8) is 0 Å². The Labute approximate surface area is 135 Å². The molecule has 2 saturated heterocycles. The average molecular weight is 336 g/mol. The number of likely N-dealkylation sites (tertiary alicyclic amines) is 1. The number of rotatable bonds is 2. The lowest BCUT2D eigenvalue weighted by atomic mass is 10.0. The summed E-state index contributed by atoms with van der Waals surface area (Å²) in [6.45, 7) is 3.83. The maximum Gasteiger partial charge on any atom is 0.227 e. The number of hydrogen-bond donors (Lipinski definition) is 1. The SMILES string of the molecule is Cl.O=C(Cc1ccc(Cl)cc1Cl)N1C[C@H]2CNC[C@H]2C1. The molecule has 0 aliphatic carbocycles. The zero-order chi connectivity index (χ0) is 13.4. The second-order valence-corrected chi connectivity index (χ2v) is 6.23. The van der Waals surface area contributed by atoms with E-state index in [1.807, 2.05) is 11.0 Å². The summed E-state index contributed by atoms with van der Waals surface area (Å²) in [5.74, 6) is 1.42. The topological polar surface area (TPSA) is 32.3 Å². The number of halogens is 3. The van der Waals surface area contributed by atoms with Crippen LogP contribution in [-0.4, -0.2) is 37.0 Å². The second kappa shape index (κ2) is 6.52. The largest absolute Gasteiger partial charge is 0.342 e. The van der Waals surface area contributed by atoms with Crippen molar-refractivity contribution in [2.45, 2.75) is 6.42 Å². The maximum absolute atomic E-state index is 12.3. The fourth-order valence-electron chi connectivity index (χ4n) is 3.00. The maximum atomic E-state index is 12.3. The Kier molecular flexibility index (Phi) is 5.19. The average Bonchev–Trinajstić information content (AvgIpc) is 2.93. The molecular weight excluding hydrogens is 319 g/mol. The zero-order valence-electron chi connectivity index (χ0n) is 10.9. The summed E-state index contributed by atoms with van der Waals surface area (Å²) < 4.78 is 0. The van der Waals surface area contributed by atoms with Crippen LogP contribution in [0.25, 0.3) is 0 Å². The summed E-state index contributed by atoms with van der Waals surface area (Å²) in [5.41, 5.74) is 0.853. The minimum absolute atomic E-state index is 0. The van der Waals surface area contributed by atoms with Gasteiger partial charge >= 0.3 is 0 Å². The molecule has 3 rings (SSSR count). The van der Waals surface area contributed by atoms with Crippen molar-refractivity contribution in [3.05, 3.63) is 33.8 Å². The molecule has 1 aromatic rings. The lowest BCUT2D eigenvalue weighted by Gasteiger charge is -2.18. The lowest BCUT2D eigenvalue weighted by molar-refractivity contribution is -0.129. The fraction of sp³-hybridized carbons (Fsp3) is 0.500. The van der Waals surface area contributed by atoms with Crippen LogP contribution in [0.2, 0.25) is 10.0 Å². The molecule has 3 nitrogen and oxygen atoms in total. The first-order chi connectivity index (χ1) is 9.13. The predicted octanol–water partition coefficient (Wildman–Crippen LogP) is 2.64. The van der Waals surface area contributed by atoms with E-state index in [1.54, 1.807) is 12.1 Å². The number of nitrogens with zero attached hydrogens (tertiary/aromatic N) is 1. The Morgan fingerprint density at radius 2 is 1.90 bits per heavy atom. The van der Waals surface area contributed by atoms with Crippen molar-refractivity contribution in [3.8, 4) is 0 Å². The molecule has 0 saturated carbocycles. The van der Waals surface area contributed by atoms with Crippen molar-refractivity contribution < 1.29 is 4.79 Å². The molecule has 110 valence electrons. The monoisotopic (exact) mass is 334 g/mol. The van der Waals surface area contributed by atoms with Crippen molar-refractivity contribution >= 4 is 41.5 Å². The van der Waals surface area contributed by atoms with Crippen molar-refractivity contribution in [1.29, 1.82) is 0 Å². The molecule has 2 aliphatic rings. The van der Waals surface area contributed by atoms with Gasteiger partial charge in [0, 0.05) is 36.2 Å². The third-order valence-electron chi connectivity index (χ3n) is 4.10. The van der Waals surface area contributed by atoms with E-state index in [0.717, 1.165) is 31.7 Å². The van der Waals surface area contributed by atoms with Gasteiger partial charge in [0.05, 0.1) is 6.42 Å². The molecule has 6 heteroatoms. The van der Waals surface area contributed by atoms with Crippen LogP contribution in [-0.2, 0) is 11.2 Å². The van der Waals surface area contributed by atoms with Gasteiger partial charge in [-0.3, -0.25) is 4.79 Å². The van der Waals surface area contributed by atoms with Gasteiger partial charge in [-0.25, -0.2) is 0 Å². The fourth-order valence-corrected chi connectivity index (χ4v) is 3.47. The van der Waals surface area contributed by atoms with Crippen LogP contribution in [0.1, 0.15) is 5.56 Å². The van der Waals surface area contributed by atoms with E-state index in [-0.39, 0.29) is 18.3 Å². The predicted molar refractivity (Wildman–Crippen MR) is 83.8 cm³/mol. The van der Waals surface area contributed by atoms with Crippen LogP contribution in [0.4, 0.5) is 0 Å². The molecule has 2 atom stereocenters. The van der Waals surface area contributed by atoms with Crippen molar-refractivity contribution in [1.82, 2.24) is 10.2 Å². The minimum atomic E-state index is 0. The van der Waals surface area contributed by atoms with Gasteiger partial charge in [-0.1, -0.05) is 29.3 Å². The minimum Gasteiger partial charge on any atom is -0.342 e. The highest BCUT2D eigenvalue weighted by atomic mass is 35.5. The molecular formula is C14H17Cl3N2O. The van der Waals surface area contributed by atoms with E-state index in [0.29, 0.717) is 28.3 Å². The molecule has 0 unspecified atom stereocenters. The first-order valence-electron chi connectivity index (χ1n) is 6.56. The summed E-state index contributed by atoms with van der Waals surface area (Å²) in [6.07, 6.45) is 0.364. The van der Waals surface area contributed by atoms with Crippen LogP contribution in [0.3, 0.4) is 0 Å². The Balaban J connectivity index is 0.00000147. The van der Waals surface area contributed by atoms with Gasteiger partial charge in [0.1, 0.15) is 0 Å². The molecule has 0 bridgehead atoms. The first kappa shape index (κ1) is 15.9. The van der Waals surface area contributed by atoms with Crippen molar-refractivity contribution in [2.75, 3.05) is 26.2 Å². The highest BCUT2D eigenvalue weighted by Crippen LogP contribution is 2.28. The molecule has 2 heterocycles. The number of hydrogen-bond acceptors (Lipinski definition) is 2. The highest BCUT2D eigenvalue weighted by Gasteiger charge is 2.37. The molecule has 0 spiro atoms. The summed E-state index contributed by atoms with van der Waals surface area (Å²) >= 11 is 12.0. The van der Waals surface area contributed by atoms with Crippen LogP contribution in [0.15, 0.2) is 18.2 Å². The summed E-state index contributed by atoms with van der Waals surface area (Å²) in [7, 11) is 0. The standard InChI is InChI=1S/C14H16Cl2N2O.ClH/c15-12-2-1-9(13(16)4-12)3-14(19)18-7-10-5-17-6-11(10)8-18;/h1-2,4,10-11,17H,3,5-8H2;1H/t10-,11+;. The van der Waals surface area contributed by atoms with Gasteiger partial charge in [-0.15, -0.1) is 12.4 Å². The van der Waals surface area contributed by atoms with E-state index in [1.165, 1.54) is 0 Å². The number of nitrogens with one attached hydrogen (secondary N) is 1. The van der Waals surface area contributed by atoms with E-state index in [2.05, 4.69) is 5.32 Å². The van der Waals surface area contributed by atoms with Crippen LogP contribution in [0, 0.1) is 11.8 Å². The normalized spacial score (nSPS) is 24.4. The third-order valence-corrected chi connectivity index (χ3v) is 4.69. The molecule has 0 radical (unpaired) electrons. The van der Waals surface area contributed by atoms with E-state index >= 15 is 0 Å². The Hall–Kier alpha value is -0.480. The summed E-state index contributed by atoms with van der Waals surface area (Å²) in [4.78, 5) is 14.3. The van der Waals surface area contributed by atoms with Crippen LogP contribution < -0.4 is 5.32 Å². The van der Waals surface area contributed by atoms with Crippen LogP contribution in [0.5, 0.6) is 0 Å². The van der Waals surface area contributed by atoms with E-state index < -0.39 is 0 Å². The highest BCUT2D eigenvalue weighted by molar-refractivity contribution is 6.35. The summed E-state index contributed by atoms with van der Waals surface area (Å²) in [6, 6.07) is 5.30. The molecule has 0 aromatic heterocycles. The van der Waals surface area contributed by atoms with Gasteiger partial charge in [-0.2, -0.15) is 0 Å². The lowest BCUT2D eigenvalue weighted by Crippen LogP contribution is -2.33. The van der Waals surface area contributed by atoms with Gasteiger partial charge in [0.25, 0.3) is 0 Å².